The number of nitrogens with zero attached hydrogens (tertiary/aromatic N) is 3. The van der Waals surface area contributed by atoms with E-state index >= 15 is 0 Å². The Labute approximate surface area is 119 Å². The Morgan fingerprint density at radius 3 is 2.45 bits per heavy atom. The Kier molecular flexibility index (Phi) is 4.20. The molecule has 0 aliphatic heterocycles. The number of hydrogen-bond donors (Lipinski definition) is 1. The van der Waals surface area contributed by atoms with Gasteiger partial charge in [0.05, 0.1) is 5.69 Å². The maximum absolute atomic E-state index is 12.6. The third-order valence-electron chi connectivity index (χ3n) is 3.27. The first-order valence-electron chi connectivity index (χ1n) is 6.68. The minimum atomic E-state index is -0.0453. The van der Waals surface area contributed by atoms with Gasteiger partial charge in [0.1, 0.15) is 5.69 Å². The van der Waals surface area contributed by atoms with Gasteiger partial charge >= 0.3 is 0 Å². The van der Waals surface area contributed by atoms with E-state index in [-0.39, 0.29) is 5.91 Å². The predicted molar refractivity (Wildman–Crippen MR) is 79.6 cm³/mol. The Morgan fingerprint density at radius 1 is 1.35 bits per heavy atom. The largest absolute Gasteiger partial charge is 0.326 e. The van der Waals surface area contributed by atoms with Crippen LogP contribution in [0.25, 0.3) is 0 Å². The van der Waals surface area contributed by atoms with Crippen LogP contribution in [-0.4, -0.2) is 22.2 Å². The molecular formula is C15H20N4O. The molecule has 2 N–H and O–H groups in total. The third kappa shape index (κ3) is 2.72. The summed E-state index contributed by atoms with van der Waals surface area (Å²) in [4.78, 5) is 14.3. The fourth-order valence-corrected chi connectivity index (χ4v) is 2.20. The molecule has 0 bridgehead atoms. The van der Waals surface area contributed by atoms with Crippen molar-refractivity contribution in [1.82, 2.24) is 9.78 Å². The molecule has 0 saturated heterocycles. The lowest BCUT2D eigenvalue weighted by atomic mass is 10.2. The van der Waals surface area contributed by atoms with Crippen LogP contribution < -0.4 is 10.6 Å². The van der Waals surface area contributed by atoms with E-state index in [1.807, 2.05) is 38.1 Å². The molecular weight excluding hydrogens is 252 g/mol. The van der Waals surface area contributed by atoms with Crippen molar-refractivity contribution in [3.05, 3.63) is 47.3 Å². The normalized spacial score (nSPS) is 10.6. The zero-order chi connectivity index (χ0) is 14.7. The molecule has 2 rings (SSSR count). The molecule has 0 spiro atoms. The van der Waals surface area contributed by atoms with Crippen LogP contribution in [0.3, 0.4) is 0 Å². The van der Waals surface area contributed by atoms with E-state index in [1.165, 1.54) is 0 Å². The van der Waals surface area contributed by atoms with Gasteiger partial charge in [-0.3, -0.25) is 9.48 Å². The van der Waals surface area contributed by atoms with Crippen LogP contribution in [0, 0.1) is 6.92 Å². The highest BCUT2D eigenvalue weighted by Crippen LogP contribution is 2.18. The molecule has 20 heavy (non-hydrogen) atoms. The highest BCUT2D eigenvalue weighted by atomic mass is 16.2. The minimum Gasteiger partial charge on any atom is -0.326 e. The van der Waals surface area contributed by atoms with Gasteiger partial charge in [0.25, 0.3) is 5.91 Å². The Hall–Kier alpha value is -2.14. The lowest BCUT2D eigenvalue weighted by molar-refractivity contribution is 0.0979. The minimum absolute atomic E-state index is 0.0453. The fourth-order valence-electron chi connectivity index (χ4n) is 2.20. The van der Waals surface area contributed by atoms with Gasteiger partial charge in [-0.2, -0.15) is 5.10 Å². The number of anilines is 1. The van der Waals surface area contributed by atoms with Crippen molar-refractivity contribution in [2.75, 3.05) is 11.4 Å². The Morgan fingerprint density at radius 2 is 2.00 bits per heavy atom. The monoisotopic (exact) mass is 272 g/mol. The summed E-state index contributed by atoms with van der Waals surface area (Å²) in [5.41, 5.74) is 8.94. The van der Waals surface area contributed by atoms with Gasteiger partial charge < -0.3 is 10.6 Å². The SMILES string of the molecule is CCN(C(=O)c1cc(C)nn1C)c1ccc(CN)cc1. The van der Waals surface area contributed by atoms with Crippen molar-refractivity contribution in [2.45, 2.75) is 20.4 Å². The molecule has 106 valence electrons. The first-order chi connectivity index (χ1) is 9.56. The number of rotatable bonds is 4. The maximum atomic E-state index is 12.6. The van der Waals surface area contributed by atoms with E-state index in [2.05, 4.69) is 5.10 Å². The molecule has 2 aromatic rings. The van der Waals surface area contributed by atoms with Crippen molar-refractivity contribution in [3.63, 3.8) is 0 Å². The van der Waals surface area contributed by atoms with E-state index < -0.39 is 0 Å². The summed E-state index contributed by atoms with van der Waals surface area (Å²) >= 11 is 0. The van der Waals surface area contributed by atoms with E-state index in [0.717, 1.165) is 16.9 Å². The van der Waals surface area contributed by atoms with Gasteiger partial charge in [-0.1, -0.05) is 12.1 Å². The molecule has 0 radical (unpaired) electrons. The molecule has 0 aliphatic carbocycles. The molecule has 0 saturated carbocycles. The average Bonchev–Trinajstić information content (AvgIpc) is 2.79. The smallest absolute Gasteiger partial charge is 0.276 e. The van der Waals surface area contributed by atoms with Gasteiger partial charge in [0, 0.05) is 25.8 Å². The fraction of sp³-hybridized carbons (Fsp3) is 0.333. The molecule has 5 nitrogen and oxygen atoms in total. The molecule has 1 heterocycles. The van der Waals surface area contributed by atoms with E-state index in [1.54, 1.807) is 22.7 Å². The summed E-state index contributed by atoms with van der Waals surface area (Å²) in [5.74, 6) is -0.0453. The highest BCUT2D eigenvalue weighted by Gasteiger charge is 2.19. The zero-order valence-corrected chi connectivity index (χ0v) is 12.1. The molecule has 1 aromatic heterocycles. The second-order valence-electron chi connectivity index (χ2n) is 4.71. The van der Waals surface area contributed by atoms with Crippen molar-refractivity contribution in [2.24, 2.45) is 12.8 Å². The number of aryl methyl sites for hydroxylation is 2. The third-order valence-corrected chi connectivity index (χ3v) is 3.27. The Bertz CT molecular complexity index is 601. The van der Waals surface area contributed by atoms with Crippen LogP contribution in [0.1, 0.15) is 28.7 Å². The van der Waals surface area contributed by atoms with Gasteiger partial charge in [-0.15, -0.1) is 0 Å². The number of nitrogens with two attached hydrogens (primary N) is 1. The van der Waals surface area contributed by atoms with Gasteiger partial charge in [0.15, 0.2) is 0 Å². The summed E-state index contributed by atoms with van der Waals surface area (Å²) in [6, 6.07) is 9.54. The molecule has 5 heteroatoms. The topological polar surface area (TPSA) is 64.2 Å². The summed E-state index contributed by atoms with van der Waals surface area (Å²) in [7, 11) is 1.78. The summed E-state index contributed by atoms with van der Waals surface area (Å²) in [6.45, 7) is 4.94. The molecule has 0 atom stereocenters. The molecule has 0 unspecified atom stereocenters. The van der Waals surface area contributed by atoms with Crippen LogP contribution in [0.2, 0.25) is 0 Å². The van der Waals surface area contributed by atoms with Gasteiger partial charge in [-0.25, -0.2) is 0 Å². The molecule has 1 amide bonds. The van der Waals surface area contributed by atoms with E-state index in [0.29, 0.717) is 18.8 Å². The first-order valence-corrected chi connectivity index (χ1v) is 6.68. The van der Waals surface area contributed by atoms with Crippen molar-refractivity contribution in [1.29, 1.82) is 0 Å². The quantitative estimate of drug-likeness (QED) is 0.924. The van der Waals surface area contributed by atoms with Crippen LogP contribution in [0.4, 0.5) is 5.69 Å². The maximum Gasteiger partial charge on any atom is 0.276 e. The predicted octanol–water partition coefficient (Wildman–Crippen LogP) is 1.85. The number of amides is 1. The Balaban J connectivity index is 2.31. The van der Waals surface area contributed by atoms with Crippen molar-refractivity contribution < 1.29 is 4.79 Å². The summed E-state index contributed by atoms with van der Waals surface area (Å²) in [5, 5.41) is 4.22. The summed E-state index contributed by atoms with van der Waals surface area (Å²) < 4.78 is 1.62. The molecule has 1 aromatic carbocycles. The van der Waals surface area contributed by atoms with Crippen LogP contribution in [0.15, 0.2) is 30.3 Å². The van der Waals surface area contributed by atoms with Crippen molar-refractivity contribution >= 4 is 11.6 Å². The second kappa shape index (κ2) is 5.88. The van der Waals surface area contributed by atoms with Crippen LogP contribution in [-0.2, 0) is 13.6 Å². The number of carbonyl (C=O) groups excluding carboxylic acids is 1. The first kappa shape index (κ1) is 14.3. The number of aromatic nitrogens is 2. The van der Waals surface area contributed by atoms with Crippen LogP contribution in [0.5, 0.6) is 0 Å². The molecule has 0 aliphatic rings. The number of benzene rings is 1. The lowest BCUT2D eigenvalue weighted by Gasteiger charge is -2.21. The molecule has 0 fully saturated rings. The summed E-state index contributed by atoms with van der Waals surface area (Å²) in [6.07, 6.45) is 0. The highest BCUT2D eigenvalue weighted by molar-refractivity contribution is 6.05. The average molecular weight is 272 g/mol. The van der Waals surface area contributed by atoms with E-state index in [4.69, 9.17) is 5.73 Å². The lowest BCUT2D eigenvalue weighted by Crippen LogP contribution is -2.32. The van der Waals surface area contributed by atoms with Gasteiger partial charge in [0.2, 0.25) is 0 Å². The van der Waals surface area contributed by atoms with Gasteiger partial charge in [-0.05, 0) is 37.6 Å². The zero-order valence-electron chi connectivity index (χ0n) is 12.1. The second-order valence-corrected chi connectivity index (χ2v) is 4.71. The van der Waals surface area contributed by atoms with Crippen molar-refractivity contribution in [3.8, 4) is 0 Å². The number of hydrogen-bond acceptors (Lipinski definition) is 3. The number of carbonyl (C=O) groups is 1. The van der Waals surface area contributed by atoms with Crippen LogP contribution >= 0.6 is 0 Å². The standard InChI is InChI=1S/C15H20N4O/c1-4-19(13-7-5-12(10-16)6-8-13)15(20)14-9-11(2)17-18(14)3/h5-9H,4,10,16H2,1-3H3. The van der Waals surface area contributed by atoms with E-state index in [9.17, 15) is 4.79 Å².